The van der Waals surface area contributed by atoms with Crippen molar-refractivity contribution >= 4 is 39.8 Å². The number of hydrogen-bond acceptors (Lipinski definition) is 6. The third-order valence-corrected chi connectivity index (χ3v) is 6.04. The van der Waals surface area contributed by atoms with Crippen LogP contribution in [0.4, 0.5) is 5.00 Å². The molecule has 3 rings (SSSR count). The van der Waals surface area contributed by atoms with Gasteiger partial charge >= 0.3 is 5.97 Å². The first kappa shape index (κ1) is 19.7. The highest BCUT2D eigenvalue weighted by Crippen LogP contribution is 2.29. The maximum Gasteiger partial charge on any atom is 0.345 e. The minimum absolute atomic E-state index is 0.174. The Morgan fingerprint density at radius 3 is 2.89 bits per heavy atom. The van der Waals surface area contributed by atoms with Crippen molar-refractivity contribution in [3.63, 3.8) is 0 Å². The number of nitrogens with zero attached hydrogens (tertiary/aromatic N) is 2. The maximum atomic E-state index is 12.5. The molecule has 8 nitrogen and oxygen atoms in total. The molecule has 10 heteroatoms. The van der Waals surface area contributed by atoms with Gasteiger partial charge in [-0.05, 0) is 25.0 Å². The molecule has 3 N–H and O–H groups in total. The van der Waals surface area contributed by atoms with E-state index < -0.39 is 5.97 Å². The van der Waals surface area contributed by atoms with E-state index in [2.05, 4.69) is 20.2 Å². The number of piperidine rings is 1. The summed E-state index contributed by atoms with van der Waals surface area (Å²) in [5.41, 5.74) is 0.729. The Bertz CT molecular complexity index is 837. The van der Waals surface area contributed by atoms with E-state index in [9.17, 15) is 9.59 Å². The number of carboxylic acids is 1. The van der Waals surface area contributed by atoms with Crippen molar-refractivity contribution in [1.29, 1.82) is 0 Å². The van der Waals surface area contributed by atoms with Crippen LogP contribution in [0.25, 0.3) is 0 Å². The summed E-state index contributed by atoms with van der Waals surface area (Å²) in [6, 6.07) is 3.23. The van der Waals surface area contributed by atoms with Crippen LogP contribution in [0, 0.1) is 0 Å². The molecule has 0 spiro atoms. The van der Waals surface area contributed by atoms with E-state index in [4.69, 9.17) is 21.4 Å². The van der Waals surface area contributed by atoms with Crippen molar-refractivity contribution in [2.45, 2.75) is 31.9 Å². The number of rotatable bonds is 6. The number of H-pyrrole nitrogens is 1. The van der Waals surface area contributed by atoms with E-state index in [1.165, 1.54) is 11.3 Å². The van der Waals surface area contributed by atoms with Gasteiger partial charge in [0.1, 0.15) is 4.88 Å². The molecule has 1 saturated heterocycles. The second kappa shape index (κ2) is 8.28. The van der Waals surface area contributed by atoms with Gasteiger partial charge in [0.15, 0.2) is 11.0 Å². The summed E-state index contributed by atoms with van der Waals surface area (Å²) >= 11 is 7.24. The number of aromatic nitrogens is 2. The summed E-state index contributed by atoms with van der Waals surface area (Å²) in [4.78, 5) is 33.0. The summed E-state index contributed by atoms with van der Waals surface area (Å²) in [6.45, 7) is 3.17. The van der Waals surface area contributed by atoms with Crippen LogP contribution < -0.4 is 10.2 Å². The van der Waals surface area contributed by atoms with Crippen LogP contribution in [0.15, 0.2) is 12.1 Å². The fourth-order valence-electron chi connectivity index (χ4n) is 3.10. The second-order valence-electron chi connectivity index (χ2n) is 6.24. The van der Waals surface area contributed by atoms with E-state index in [1.54, 1.807) is 19.2 Å². The number of amides is 1. The molecule has 1 amide bonds. The van der Waals surface area contributed by atoms with Gasteiger partial charge in [0.05, 0.1) is 22.8 Å². The fourth-order valence-corrected chi connectivity index (χ4v) is 4.24. The van der Waals surface area contributed by atoms with Gasteiger partial charge in [-0.1, -0.05) is 18.5 Å². The molecule has 3 heterocycles. The zero-order valence-corrected chi connectivity index (χ0v) is 16.6. The van der Waals surface area contributed by atoms with Gasteiger partial charge in [0, 0.05) is 20.2 Å². The average molecular weight is 413 g/mol. The number of aromatic amines is 1. The van der Waals surface area contributed by atoms with Crippen LogP contribution in [0.2, 0.25) is 5.15 Å². The van der Waals surface area contributed by atoms with Crippen LogP contribution in [-0.4, -0.2) is 59.3 Å². The van der Waals surface area contributed by atoms with E-state index in [0.717, 1.165) is 10.7 Å². The molecule has 2 unspecified atom stereocenters. The minimum Gasteiger partial charge on any atom is -0.477 e. The Hall–Kier alpha value is -2.10. The van der Waals surface area contributed by atoms with E-state index in [0.29, 0.717) is 36.0 Å². The van der Waals surface area contributed by atoms with Crippen LogP contribution in [-0.2, 0) is 11.2 Å². The number of methoxy groups -OCH3 is 1. The largest absolute Gasteiger partial charge is 0.477 e. The number of aryl methyl sites for hydroxylation is 1. The minimum atomic E-state index is -0.930. The third-order valence-electron chi connectivity index (χ3n) is 4.59. The topological polar surface area (TPSA) is 108 Å². The number of thiophene rings is 1. The number of carboxylic acid groups (broad SMARTS) is 1. The van der Waals surface area contributed by atoms with Gasteiger partial charge in [0.2, 0.25) is 0 Å². The molecule has 0 radical (unpaired) electrons. The molecule has 146 valence electrons. The number of imidazole rings is 1. The number of aromatic carboxylic acids is 1. The predicted octanol–water partition coefficient (Wildman–Crippen LogP) is 2.41. The Morgan fingerprint density at radius 1 is 1.52 bits per heavy atom. The zero-order valence-electron chi connectivity index (χ0n) is 15.0. The highest BCUT2D eigenvalue weighted by molar-refractivity contribution is 7.17. The van der Waals surface area contributed by atoms with Crippen LogP contribution in [0.5, 0.6) is 0 Å². The summed E-state index contributed by atoms with van der Waals surface area (Å²) in [5.74, 6) is -1.06. The number of anilines is 1. The number of nitrogens with one attached hydrogen (secondary N) is 2. The van der Waals surface area contributed by atoms with Crippen LogP contribution in [0.1, 0.15) is 39.3 Å². The quantitative estimate of drug-likeness (QED) is 0.672. The highest BCUT2D eigenvalue weighted by Gasteiger charge is 2.32. The van der Waals surface area contributed by atoms with Gasteiger partial charge in [0.25, 0.3) is 5.91 Å². The summed E-state index contributed by atoms with van der Waals surface area (Å²) < 4.78 is 5.57. The van der Waals surface area contributed by atoms with Crippen molar-refractivity contribution < 1.29 is 19.4 Å². The maximum absolute atomic E-state index is 12.5. The predicted molar refractivity (Wildman–Crippen MR) is 103 cm³/mol. The first-order valence-corrected chi connectivity index (χ1v) is 9.78. The number of halogens is 1. The Balaban J connectivity index is 1.65. The van der Waals surface area contributed by atoms with Gasteiger partial charge in [-0.2, -0.15) is 0 Å². The van der Waals surface area contributed by atoms with Crippen molar-refractivity contribution in [3.05, 3.63) is 33.7 Å². The molecule has 0 aromatic carbocycles. The third kappa shape index (κ3) is 4.26. The number of carbonyl (C=O) groups excluding carboxylic acids is 1. The summed E-state index contributed by atoms with van der Waals surface area (Å²) in [6.07, 6.45) is 1.10. The van der Waals surface area contributed by atoms with E-state index in [-0.39, 0.29) is 23.9 Å². The fraction of sp³-hybridized carbons (Fsp3) is 0.471. The van der Waals surface area contributed by atoms with Crippen LogP contribution in [0.3, 0.4) is 0 Å². The molecular weight excluding hydrogens is 392 g/mol. The summed E-state index contributed by atoms with van der Waals surface area (Å²) in [7, 11) is 1.60. The molecule has 2 aromatic heterocycles. The molecule has 1 aliphatic heterocycles. The van der Waals surface area contributed by atoms with Crippen molar-refractivity contribution in [3.8, 4) is 0 Å². The molecule has 0 saturated carbocycles. The lowest BCUT2D eigenvalue weighted by molar-refractivity contribution is 0.0539. The Morgan fingerprint density at radius 2 is 2.30 bits per heavy atom. The lowest BCUT2D eigenvalue weighted by atomic mass is 10.0. The SMILES string of the molecule is CCc1[nH]c(C(=O)NC2CCN(c3ccc(C(=O)O)s3)CC2OC)nc1Cl. The lowest BCUT2D eigenvalue weighted by Crippen LogP contribution is -2.55. The molecule has 1 fully saturated rings. The number of hydrogen-bond donors (Lipinski definition) is 3. The van der Waals surface area contributed by atoms with Crippen molar-refractivity contribution in [2.24, 2.45) is 0 Å². The molecule has 0 bridgehead atoms. The van der Waals surface area contributed by atoms with Gasteiger partial charge in [-0.15, -0.1) is 11.3 Å². The van der Waals surface area contributed by atoms with Gasteiger partial charge in [-0.25, -0.2) is 9.78 Å². The number of carbonyl (C=O) groups is 2. The Kier molecular flexibility index (Phi) is 6.03. The van der Waals surface area contributed by atoms with Gasteiger partial charge < -0.3 is 25.0 Å². The van der Waals surface area contributed by atoms with E-state index in [1.807, 2.05) is 6.92 Å². The first-order valence-electron chi connectivity index (χ1n) is 8.59. The Labute approximate surface area is 165 Å². The van der Waals surface area contributed by atoms with Crippen molar-refractivity contribution in [2.75, 3.05) is 25.1 Å². The lowest BCUT2D eigenvalue weighted by Gasteiger charge is -2.38. The number of ether oxygens (including phenoxy) is 1. The molecule has 27 heavy (non-hydrogen) atoms. The zero-order chi connectivity index (χ0) is 19.6. The molecule has 2 atom stereocenters. The monoisotopic (exact) mass is 412 g/mol. The summed E-state index contributed by atoms with van der Waals surface area (Å²) in [5, 5.41) is 13.2. The molecule has 0 aliphatic carbocycles. The smallest absolute Gasteiger partial charge is 0.345 e. The van der Waals surface area contributed by atoms with Gasteiger partial charge in [-0.3, -0.25) is 4.79 Å². The average Bonchev–Trinajstić information content (AvgIpc) is 3.29. The molecule has 2 aromatic rings. The molecular formula is C17H21ClN4O4S. The normalized spacial score (nSPS) is 19.9. The van der Waals surface area contributed by atoms with E-state index >= 15 is 0 Å². The highest BCUT2D eigenvalue weighted by atomic mass is 35.5. The molecule has 1 aliphatic rings. The standard InChI is InChI=1S/C17H21ClN4O4S/c1-3-9-14(18)21-15(19-9)16(23)20-10-6-7-22(8-11(10)26-2)13-5-4-12(27-13)17(24)25/h4-5,10-11H,3,6-8H2,1-2H3,(H,19,21)(H,20,23)(H,24,25). The van der Waals surface area contributed by atoms with Crippen LogP contribution >= 0.6 is 22.9 Å². The second-order valence-corrected chi connectivity index (χ2v) is 7.66. The first-order chi connectivity index (χ1) is 12.9. The van der Waals surface area contributed by atoms with Crippen molar-refractivity contribution in [1.82, 2.24) is 15.3 Å².